The van der Waals surface area contributed by atoms with Gasteiger partial charge >= 0.3 is 0 Å². The predicted molar refractivity (Wildman–Crippen MR) is 99.5 cm³/mol. The van der Waals surface area contributed by atoms with Crippen LogP contribution in [0.3, 0.4) is 0 Å². The van der Waals surface area contributed by atoms with Gasteiger partial charge in [0.05, 0.1) is 17.7 Å². The Labute approximate surface area is 148 Å². The van der Waals surface area contributed by atoms with E-state index < -0.39 is 0 Å². The first-order valence-electron chi connectivity index (χ1n) is 7.58. The topological polar surface area (TPSA) is 61.7 Å². The molecule has 5 heteroatoms. The van der Waals surface area contributed by atoms with Crippen LogP contribution in [0.2, 0.25) is 0 Å². The fraction of sp³-hybridized carbons (Fsp3) is 0.158. The van der Waals surface area contributed by atoms with Gasteiger partial charge in [0.1, 0.15) is 5.75 Å². The van der Waals surface area contributed by atoms with Gasteiger partial charge in [-0.25, -0.2) is 0 Å². The summed E-state index contributed by atoms with van der Waals surface area (Å²) in [5, 5.41) is 10.6. The lowest BCUT2D eigenvalue weighted by Crippen LogP contribution is -2.06. The van der Waals surface area contributed by atoms with Crippen molar-refractivity contribution >= 4 is 38.5 Å². The van der Waals surface area contributed by atoms with Crippen molar-refractivity contribution in [2.24, 2.45) is 0 Å². The third kappa shape index (κ3) is 3.34. The Morgan fingerprint density at radius 3 is 2.96 bits per heavy atom. The van der Waals surface area contributed by atoms with Crippen molar-refractivity contribution in [1.82, 2.24) is 9.97 Å². The molecule has 3 aromatic rings. The van der Waals surface area contributed by atoms with Crippen molar-refractivity contribution in [3.05, 3.63) is 58.5 Å². The van der Waals surface area contributed by atoms with E-state index in [9.17, 15) is 5.26 Å². The summed E-state index contributed by atoms with van der Waals surface area (Å²) in [6.45, 7) is 3.94. The van der Waals surface area contributed by atoms with Gasteiger partial charge in [0.15, 0.2) is 0 Å². The van der Waals surface area contributed by atoms with Crippen molar-refractivity contribution in [1.29, 1.82) is 5.26 Å². The third-order valence-corrected chi connectivity index (χ3v) is 4.02. The van der Waals surface area contributed by atoms with E-state index in [1.54, 1.807) is 12.4 Å². The van der Waals surface area contributed by atoms with Gasteiger partial charge in [0.25, 0.3) is 0 Å². The summed E-state index contributed by atoms with van der Waals surface area (Å²) in [6, 6.07) is 10.0. The first-order chi connectivity index (χ1) is 11.6. The number of nitriles is 1. The number of nitrogens with zero attached hydrogens (tertiary/aromatic N) is 2. The molecule has 0 radical (unpaired) electrons. The van der Waals surface area contributed by atoms with Crippen LogP contribution in [0.5, 0.6) is 5.75 Å². The van der Waals surface area contributed by atoms with Crippen molar-refractivity contribution in [3.8, 4) is 11.8 Å². The number of hydrogen-bond donors (Lipinski definition) is 1. The molecule has 0 fully saturated rings. The van der Waals surface area contributed by atoms with Gasteiger partial charge in [-0.05, 0) is 44.2 Å². The van der Waals surface area contributed by atoms with Crippen LogP contribution in [-0.4, -0.2) is 16.1 Å². The monoisotopic (exact) mass is 381 g/mol. The molecule has 0 atom stereocenters. The van der Waals surface area contributed by atoms with Gasteiger partial charge in [0, 0.05) is 45.1 Å². The molecule has 4 nitrogen and oxygen atoms in total. The molecule has 1 aromatic carbocycles. The first kappa shape index (κ1) is 16.3. The second-order valence-corrected chi connectivity index (χ2v) is 6.56. The van der Waals surface area contributed by atoms with Gasteiger partial charge in [-0.2, -0.15) is 5.26 Å². The molecule has 0 aliphatic rings. The lowest BCUT2D eigenvalue weighted by atomic mass is 10.0. The molecule has 24 heavy (non-hydrogen) atoms. The fourth-order valence-electron chi connectivity index (χ4n) is 2.51. The number of allylic oxidation sites excluding steroid dienone is 1. The fourth-order valence-corrected chi connectivity index (χ4v) is 2.87. The van der Waals surface area contributed by atoms with Crippen molar-refractivity contribution in [3.63, 3.8) is 0 Å². The van der Waals surface area contributed by atoms with Crippen LogP contribution in [0.25, 0.3) is 22.6 Å². The van der Waals surface area contributed by atoms with Crippen molar-refractivity contribution < 1.29 is 4.74 Å². The van der Waals surface area contributed by atoms with Crippen LogP contribution in [0, 0.1) is 11.3 Å². The van der Waals surface area contributed by atoms with Gasteiger partial charge in [-0.3, -0.25) is 4.98 Å². The summed E-state index contributed by atoms with van der Waals surface area (Å²) in [6.07, 6.45) is 7.11. The van der Waals surface area contributed by atoms with E-state index in [0.29, 0.717) is 11.3 Å². The number of rotatable bonds is 4. The lowest BCUT2D eigenvalue weighted by Gasteiger charge is -2.12. The number of benzene rings is 1. The maximum Gasteiger partial charge on any atom is 0.130 e. The van der Waals surface area contributed by atoms with E-state index in [0.717, 1.165) is 26.5 Å². The first-order valence-corrected chi connectivity index (χ1v) is 8.37. The molecule has 2 heterocycles. The molecule has 0 unspecified atom stereocenters. The van der Waals surface area contributed by atoms with Crippen molar-refractivity contribution in [2.75, 3.05) is 0 Å². The second-order valence-electron chi connectivity index (χ2n) is 5.64. The molecular formula is C19H16BrN3O. The molecule has 0 amide bonds. The summed E-state index contributed by atoms with van der Waals surface area (Å²) in [5.74, 6) is 0.716. The third-order valence-electron chi connectivity index (χ3n) is 3.53. The summed E-state index contributed by atoms with van der Waals surface area (Å²) >= 11 is 3.48. The molecule has 0 aliphatic carbocycles. The standard InChI is InChI=1S/C19H16BrN3O/c1-12(2)24-19-5-6-22-10-14(19)7-13(9-21)17-11-23-18-4-3-15(20)8-16(17)18/h3-8,10-12,23H,1-2H3/b13-7+. The Morgan fingerprint density at radius 2 is 2.21 bits per heavy atom. The maximum atomic E-state index is 9.66. The zero-order valence-corrected chi connectivity index (χ0v) is 15.0. The molecule has 0 bridgehead atoms. The van der Waals surface area contributed by atoms with Crippen LogP contribution in [0.15, 0.2) is 47.3 Å². The molecular weight excluding hydrogens is 366 g/mol. The molecule has 0 saturated carbocycles. The number of aromatic amines is 1. The van der Waals surface area contributed by atoms with Crippen molar-refractivity contribution in [2.45, 2.75) is 20.0 Å². The zero-order valence-electron chi connectivity index (χ0n) is 13.4. The second kappa shape index (κ2) is 6.90. The smallest absolute Gasteiger partial charge is 0.130 e. The van der Waals surface area contributed by atoms with E-state index in [2.05, 4.69) is 32.0 Å². The van der Waals surface area contributed by atoms with E-state index in [4.69, 9.17) is 4.74 Å². The Morgan fingerprint density at radius 1 is 1.38 bits per heavy atom. The van der Waals surface area contributed by atoms with Crippen LogP contribution in [0.1, 0.15) is 25.0 Å². The van der Waals surface area contributed by atoms with Gasteiger partial charge < -0.3 is 9.72 Å². The number of halogens is 1. The number of aromatic nitrogens is 2. The van der Waals surface area contributed by atoms with E-state index >= 15 is 0 Å². The van der Waals surface area contributed by atoms with E-state index in [-0.39, 0.29) is 6.10 Å². The maximum absolute atomic E-state index is 9.66. The van der Waals surface area contributed by atoms with Crippen LogP contribution >= 0.6 is 15.9 Å². The largest absolute Gasteiger partial charge is 0.490 e. The Bertz CT molecular complexity index is 951. The minimum absolute atomic E-state index is 0.0501. The van der Waals surface area contributed by atoms with Gasteiger partial charge in [0.2, 0.25) is 0 Å². The van der Waals surface area contributed by atoms with Crippen LogP contribution in [-0.2, 0) is 0 Å². The SMILES string of the molecule is CC(C)Oc1ccncc1/C=C(\C#N)c1c[nH]c2ccc(Br)cc12. The average molecular weight is 382 g/mol. The zero-order chi connectivity index (χ0) is 17.1. The normalized spacial score (nSPS) is 11.7. The van der Waals surface area contributed by atoms with Gasteiger partial charge in [-0.15, -0.1) is 0 Å². The molecule has 0 aliphatic heterocycles. The highest BCUT2D eigenvalue weighted by atomic mass is 79.9. The highest BCUT2D eigenvalue weighted by Crippen LogP contribution is 2.30. The minimum Gasteiger partial charge on any atom is -0.490 e. The molecule has 0 saturated heterocycles. The molecule has 3 rings (SSSR count). The quantitative estimate of drug-likeness (QED) is 0.633. The molecule has 0 spiro atoms. The Balaban J connectivity index is 2.10. The number of H-pyrrole nitrogens is 1. The number of fused-ring (bicyclic) bond motifs is 1. The number of nitrogens with one attached hydrogen (secondary N) is 1. The lowest BCUT2D eigenvalue weighted by molar-refractivity contribution is 0.241. The molecule has 1 N–H and O–H groups in total. The predicted octanol–water partition coefficient (Wildman–Crippen LogP) is 5.18. The van der Waals surface area contributed by atoms with Crippen LogP contribution < -0.4 is 4.74 Å². The molecule has 120 valence electrons. The Kier molecular flexibility index (Phi) is 4.68. The Hall–Kier alpha value is -2.58. The summed E-state index contributed by atoms with van der Waals surface area (Å²) in [5.41, 5.74) is 3.18. The van der Waals surface area contributed by atoms with Crippen LogP contribution in [0.4, 0.5) is 0 Å². The van der Waals surface area contributed by atoms with E-state index in [1.165, 1.54) is 0 Å². The summed E-state index contributed by atoms with van der Waals surface area (Å²) in [4.78, 5) is 7.35. The highest BCUT2D eigenvalue weighted by molar-refractivity contribution is 9.10. The summed E-state index contributed by atoms with van der Waals surface area (Å²) in [7, 11) is 0. The molecule has 2 aromatic heterocycles. The summed E-state index contributed by atoms with van der Waals surface area (Å²) < 4.78 is 6.78. The minimum atomic E-state index is 0.0501. The van der Waals surface area contributed by atoms with E-state index in [1.807, 2.05) is 50.4 Å². The number of pyridine rings is 1. The number of ether oxygens (including phenoxy) is 1. The average Bonchev–Trinajstić information content (AvgIpc) is 2.96. The highest BCUT2D eigenvalue weighted by Gasteiger charge is 2.11. The van der Waals surface area contributed by atoms with Gasteiger partial charge in [-0.1, -0.05) is 15.9 Å². The number of hydrogen-bond acceptors (Lipinski definition) is 3.